The summed E-state index contributed by atoms with van der Waals surface area (Å²) in [4.78, 5) is 37.6. The maximum atomic E-state index is 13.0. The molecule has 174 valence electrons. The molecule has 1 heterocycles. The number of carbonyl (C=O) groups excluding carboxylic acids is 2. The zero-order valence-corrected chi connectivity index (χ0v) is 18.9. The molecule has 0 aliphatic heterocycles. The van der Waals surface area contributed by atoms with Crippen molar-refractivity contribution in [1.82, 2.24) is 5.32 Å². The van der Waals surface area contributed by atoms with Crippen molar-refractivity contribution in [2.24, 2.45) is 5.92 Å². The molecule has 0 unspecified atom stereocenters. The fourth-order valence-electron chi connectivity index (χ4n) is 3.66. The zero-order chi connectivity index (χ0) is 24.1. The van der Waals surface area contributed by atoms with Gasteiger partial charge in [0, 0.05) is 11.5 Å². The number of hydrogen-bond acceptors (Lipinski definition) is 6. The Balaban J connectivity index is 1.50. The van der Waals surface area contributed by atoms with Crippen molar-refractivity contribution >= 4 is 33.8 Å². The maximum Gasteiger partial charge on any atom is 0.408 e. The lowest BCUT2D eigenvalue weighted by molar-refractivity contribution is -0.138. The number of benzene rings is 3. The van der Waals surface area contributed by atoms with Gasteiger partial charge in [0.1, 0.15) is 24.0 Å². The first kappa shape index (κ1) is 23.0. The second-order valence-electron chi connectivity index (χ2n) is 8.08. The number of hydrogen-bond donors (Lipinski definition) is 1. The Bertz CT molecular complexity index is 1380. The number of ether oxygens (including phenoxy) is 2. The van der Waals surface area contributed by atoms with Crippen LogP contribution in [0.1, 0.15) is 25.8 Å². The Hall–Kier alpha value is -4.13. The van der Waals surface area contributed by atoms with Crippen LogP contribution >= 0.6 is 0 Å². The Kier molecular flexibility index (Phi) is 6.92. The highest BCUT2D eigenvalue weighted by atomic mass is 16.6. The molecule has 7 nitrogen and oxygen atoms in total. The Morgan fingerprint density at radius 3 is 2.38 bits per heavy atom. The molecule has 0 fully saturated rings. The first-order valence-corrected chi connectivity index (χ1v) is 11.1. The summed E-state index contributed by atoms with van der Waals surface area (Å²) in [5.74, 6) is -0.615. The summed E-state index contributed by atoms with van der Waals surface area (Å²) in [5, 5.41) is 4.59. The molecule has 4 rings (SSSR count). The van der Waals surface area contributed by atoms with Crippen molar-refractivity contribution in [2.45, 2.75) is 32.9 Å². The van der Waals surface area contributed by atoms with E-state index in [4.69, 9.17) is 13.9 Å². The van der Waals surface area contributed by atoms with Gasteiger partial charge in [-0.05, 0) is 35.1 Å². The van der Waals surface area contributed by atoms with Crippen LogP contribution in [-0.2, 0) is 16.1 Å². The van der Waals surface area contributed by atoms with Crippen LogP contribution in [0.4, 0.5) is 4.79 Å². The van der Waals surface area contributed by atoms with Crippen LogP contribution in [0.5, 0.6) is 5.75 Å². The molecular weight excluding hydrogens is 434 g/mol. The van der Waals surface area contributed by atoms with Crippen molar-refractivity contribution in [3.63, 3.8) is 0 Å². The second kappa shape index (κ2) is 10.2. The number of nitrogens with one attached hydrogen (secondary N) is 1. The van der Waals surface area contributed by atoms with Crippen LogP contribution in [-0.4, -0.2) is 18.1 Å². The van der Waals surface area contributed by atoms with Gasteiger partial charge in [-0.25, -0.2) is 14.4 Å². The third-order valence-corrected chi connectivity index (χ3v) is 5.76. The van der Waals surface area contributed by atoms with Gasteiger partial charge in [0.15, 0.2) is 0 Å². The van der Waals surface area contributed by atoms with Gasteiger partial charge in [-0.15, -0.1) is 0 Å². The predicted octanol–water partition coefficient (Wildman–Crippen LogP) is 5.19. The minimum atomic E-state index is -0.910. The third kappa shape index (κ3) is 5.09. The molecule has 0 aliphatic carbocycles. The lowest BCUT2D eigenvalue weighted by Crippen LogP contribution is -2.47. The van der Waals surface area contributed by atoms with Gasteiger partial charge in [-0.3, -0.25) is 0 Å². The van der Waals surface area contributed by atoms with E-state index < -0.39 is 23.7 Å². The molecule has 1 amide bonds. The van der Waals surface area contributed by atoms with E-state index in [0.29, 0.717) is 17.4 Å². The monoisotopic (exact) mass is 459 g/mol. The first-order valence-electron chi connectivity index (χ1n) is 11.1. The molecule has 7 heteroatoms. The van der Waals surface area contributed by atoms with E-state index >= 15 is 0 Å². The fraction of sp³-hybridized carbons (Fsp3) is 0.222. The van der Waals surface area contributed by atoms with E-state index in [2.05, 4.69) is 5.32 Å². The highest BCUT2D eigenvalue weighted by Gasteiger charge is 2.28. The van der Waals surface area contributed by atoms with Crippen molar-refractivity contribution < 1.29 is 23.5 Å². The Morgan fingerprint density at radius 1 is 0.941 bits per heavy atom. The summed E-state index contributed by atoms with van der Waals surface area (Å²) in [6.45, 7) is 3.85. The summed E-state index contributed by atoms with van der Waals surface area (Å²) in [6, 6.07) is 20.4. The number of fused-ring (bicyclic) bond motifs is 3. The van der Waals surface area contributed by atoms with E-state index in [9.17, 15) is 14.4 Å². The average Bonchev–Trinajstić information content (AvgIpc) is 2.86. The van der Waals surface area contributed by atoms with E-state index in [1.807, 2.05) is 56.3 Å². The van der Waals surface area contributed by atoms with Gasteiger partial charge in [0.25, 0.3) is 0 Å². The lowest BCUT2D eigenvalue weighted by Gasteiger charge is -2.22. The molecule has 34 heavy (non-hydrogen) atoms. The molecule has 1 N–H and O–H groups in total. The van der Waals surface area contributed by atoms with Crippen molar-refractivity contribution in [3.8, 4) is 5.75 Å². The highest BCUT2D eigenvalue weighted by molar-refractivity contribution is 6.04. The number of carbonyl (C=O) groups is 2. The minimum absolute atomic E-state index is 0.0899. The summed E-state index contributed by atoms with van der Waals surface area (Å²) >= 11 is 0. The van der Waals surface area contributed by atoms with Crippen LogP contribution in [0.25, 0.3) is 21.7 Å². The van der Waals surface area contributed by atoms with E-state index in [1.165, 1.54) is 6.07 Å². The van der Waals surface area contributed by atoms with Gasteiger partial charge >= 0.3 is 17.7 Å². The fourth-order valence-corrected chi connectivity index (χ4v) is 3.66. The van der Waals surface area contributed by atoms with Crippen molar-refractivity contribution in [3.05, 3.63) is 88.8 Å². The summed E-state index contributed by atoms with van der Waals surface area (Å²) in [5.41, 5.74) is 0.682. The molecule has 1 aromatic heterocycles. The first-order chi connectivity index (χ1) is 16.5. The van der Waals surface area contributed by atoms with Gasteiger partial charge in [0.2, 0.25) is 0 Å². The smallest absolute Gasteiger partial charge is 0.408 e. The minimum Gasteiger partial charge on any atom is -0.445 e. The topological polar surface area (TPSA) is 94.8 Å². The number of esters is 1. The maximum absolute atomic E-state index is 13.0. The molecule has 0 bridgehead atoms. The molecule has 2 atom stereocenters. The number of amides is 1. The molecule has 3 aromatic carbocycles. The van der Waals surface area contributed by atoms with Crippen LogP contribution in [0.3, 0.4) is 0 Å². The summed E-state index contributed by atoms with van der Waals surface area (Å²) < 4.78 is 16.2. The number of rotatable bonds is 7. The molecule has 4 aromatic rings. The zero-order valence-electron chi connectivity index (χ0n) is 18.9. The molecular formula is C27H25NO6. The largest absolute Gasteiger partial charge is 0.445 e. The van der Waals surface area contributed by atoms with Crippen LogP contribution in [0, 0.1) is 5.92 Å². The van der Waals surface area contributed by atoms with Crippen LogP contribution in [0.2, 0.25) is 0 Å². The van der Waals surface area contributed by atoms with Crippen LogP contribution in [0.15, 0.2) is 82.0 Å². The van der Waals surface area contributed by atoms with Gasteiger partial charge in [0.05, 0.1) is 5.39 Å². The normalized spacial score (nSPS) is 12.8. The predicted molar refractivity (Wildman–Crippen MR) is 129 cm³/mol. The van der Waals surface area contributed by atoms with Crippen molar-refractivity contribution in [2.75, 3.05) is 0 Å². The summed E-state index contributed by atoms with van der Waals surface area (Å²) in [7, 11) is 0. The molecule has 0 aliphatic rings. The quantitative estimate of drug-likeness (QED) is 0.177. The van der Waals surface area contributed by atoms with E-state index in [1.54, 1.807) is 24.3 Å². The standard InChI is InChI=1S/C27H25NO6/c1-3-17(2)24(28-27(31)32-16-18-9-5-4-6-10-18)26(30)33-19-13-14-21-20-11-7-8-12-22(20)25(29)34-23(21)15-19/h4-15,17,24H,3,16H2,1-2H3,(H,28,31)/t17-,24+/m0/s1. The van der Waals surface area contributed by atoms with Gasteiger partial charge in [-0.2, -0.15) is 0 Å². The van der Waals surface area contributed by atoms with Gasteiger partial charge in [-0.1, -0.05) is 68.8 Å². The molecule has 0 saturated carbocycles. The average molecular weight is 459 g/mol. The van der Waals surface area contributed by atoms with Crippen molar-refractivity contribution in [1.29, 1.82) is 0 Å². The second-order valence-corrected chi connectivity index (χ2v) is 8.08. The Morgan fingerprint density at radius 2 is 1.65 bits per heavy atom. The summed E-state index contributed by atoms with van der Waals surface area (Å²) in [6.07, 6.45) is -0.0702. The van der Waals surface area contributed by atoms with Gasteiger partial charge < -0.3 is 19.2 Å². The molecule has 0 saturated heterocycles. The lowest BCUT2D eigenvalue weighted by atomic mass is 9.99. The molecule has 0 radical (unpaired) electrons. The SMILES string of the molecule is CC[C@H](C)[C@@H](NC(=O)OCc1ccccc1)C(=O)Oc1ccc2c(c1)oc(=O)c1ccccc12. The van der Waals surface area contributed by atoms with E-state index in [-0.39, 0.29) is 18.3 Å². The van der Waals surface area contributed by atoms with E-state index in [0.717, 1.165) is 16.3 Å². The Labute approximate surface area is 196 Å². The highest BCUT2D eigenvalue weighted by Crippen LogP contribution is 2.26. The van der Waals surface area contributed by atoms with Crippen LogP contribution < -0.4 is 15.7 Å². The number of alkyl carbamates (subject to hydrolysis) is 1. The molecule has 0 spiro atoms. The third-order valence-electron chi connectivity index (χ3n) is 5.76.